The van der Waals surface area contributed by atoms with Crippen molar-refractivity contribution in [3.05, 3.63) is 29.8 Å². The summed E-state index contributed by atoms with van der Waals surface area (Å²) in [4.78, 5) is 0. The van der Waals surface area contributed by atoms with Crippen molar-refractivity contribution < 1.29 is 23.0 Å². The van der Waals surface area contributed by atoms with Crippen molar-refractivity contribution in [1.82, 2.24) is 0 Å². The zero-order valence-corrected chi connectivity index (χ0v) is 10.7. The van der Waals surface area contributed by atoms with Gasteiger partial charge in [-0.15, -0.1) is 0 Å². The summed E-state index contributed by atoms with van der Waals surface area (Å²) in [6, 6.07) is 6.70. The number of hydrogen-bond donors (Lipinski definition) is 0. The van der Waals surface area contributed by atoms with E-state index >= 15 is 0 Å². The molecular weight excluding hydrogens is 242 g/mol. The van der Waals surface area contributed by atoms with Crippen molar-refractivity contribution in [2.45, 2.75) is 32.2 Å². The monoisotopic (exact) mass is 260 g/mol. The largest absolute Gasteiger partial charge is 0.435 e. The Morgan fingerprint density at radius 1 is 1.11 bits per heavy atom. The van der Waals surface area contributed by atoms with Crippen molar-refractivity contribution in [2.75, 3.05) is 14.2 Å². The molecule has 1 unspecified atom stereocenters. The highest BCUT2D eigenvalue weighted by molar-refractivity contribution is 5.36. The van der Waals surface area contributed by atoms with Crippen LogP contribution in [0.5, 0.6) is 5.75 Å². The summed E-state index contributed by atoms with van der Waals surface area (Å²) >= 11 is 0. The van der Waals surface area contributed by atoms with E-state index in [1.54, 1.807) is 18.2 Å². The third-order valence-electron chi connectivity index (χ3n) is 2.77. The van der Waals surface area contributed by atoms with Crippen LogP contribution in [0.25, 0.3) is 0 Å². The fourth-order valence-electron chi connectivity index (χ4n) is 1.97. The molecule has 102 valence electrons. The number of rotatable bonds is 7. The minimum Gasteiger partial charge on any atom is -0.435 e. The number of ether oxygens (including phenoxy) is 3. The number of alkyl halides is 2. The molecule has 0 fully saturated rings. The minimum atomic E-state index is -2.84. The molecule has 18 heavy (non-hydrogen) atoms. The van der Waals surface area contributed by atoms with Gasteiger partial charge in [0.25, 0.3) is 0 Å². The summed E-state index contributed by atoms with van der Waals surface area (Å²) < 4.78 is 39.6. The van der Waals surface area contributed by atoms with Crippen LogP contribution in [0, 0.1) is 0 Å². The summed E-state index contributed by atoms with van der Waals surface area (Å²) in [6.07, 6.45) is 0.202. The Morgan fingerprint density at radius 2 is 1.72 bits per heavy atom. The Kier molecular flexibility index (Phi) is 6.01. The molecule has 0 aliphatic carbocycles. The van der Waals surface area contributed by atoms with Gasteiger partial charge in [-0.05, 0) is 12.5 Å². The molecule has 1 aromatic rings. The Morgan fingerprint density at radius 3 is 2.22 bits per heavy atom. The first-order valence-electron chi connectivity index (χ1n) is 5.73. The van der Waals surface area contributed by atoms with Gasteiger partial charge in [0, 0.05) is 25.7 Å². The van der Waals surface area contributed by atoms with Crippen LogP contribution >= 0.6 is 0 Å². The Hall–Kier alpha value is -1.20. The average molecular weight is 260 g/mol. The molecule has 1 rings (SSSR count). The lowest BCUT2D eigenvalue weighted by Gasteiger charge is -2.25. The summed E-state index contributed by atoms with van der Waals surface area (Å²) in [5.74, 6) is 0.00778. The van der Waals surface area contributed by atoms with E-state index in [0.29, 0.717) is 12.0 Å². The predicted octanol–water partition coefficient (Wildman–Crippen LogP) is 3.40. The first-order valence-corrected chi connectivity index (χ1v) is 5.73. The fourth-order valence-corrected chi connectivity index (χ4v) is 1.97. The molecule has 0 saturated carbocycles. The summed E-state index contributed by atoms with van der Waals surface area (Å²) in [6.45, 7) is -0.901. The smallest absolute Gasteiger partial charge is 0.387 e. The van der Waals surface area contributed by atoms with E-state index in [1.165, 1.54) is 20.3 Å². The van der Waals surface area contributed by atoms with Crippen LogP contribution in [-0.4, -0.2) is 27.1 Å². The zero-order chi connectivity index (χ0) is 13.5. The Balaban J connectivity index is 3.04. The maximum atomic E-state index is 12.3. The topological polar surface area (TPSA) is 27.7 Å². The van der Waals surface area contributed by atoms with Gasteiger partial charge in [-0.3, -0.25) is 0 Å². The van der Waals surface area contributed by atoms with Crippen LogP contribution in [0.2, 0.25) is 0 Å². The minimum absolute atomic E-state index is 0.157. The molecule has 0 aliphatic rings. The lowest BCUT2D eigenvalue weighted by Crippen LogP contribution is -2.23. The number of methoxy groups -OCH3 is 2. The van der Waals surface area contributed by atoms with Crippen LogP contribution in [-0.2, 0) is 9.47 Å². The van der Waals surface area contributed by atoms with Gasteiger partial charge >= 0.3 is 6.61 Å². The van der Waals surface area contributed by atoms with Crippen LogP contribution in [0.4, 0.5) is 8.78 Å². The summed E-state index contributed by atoms with van der Waals surface area (Å²) in [5, 5.41) is 0. The van der Waals surface area contributed by atoms with Crippen molar-refractivity contribution in [1.29, 1.82) is 0 Å². The maximum absolute atomic E-state index is 12.3. The van der Waals surface area contributed by atoms with Gasteiger partial charge in [0.05, 0.1) is 0 Å². The molecule has 0 amide bonds. The fraction of sp³-hybridized carbons (Fsp3) is 0.538. The molecule has 0 bridgehead atoms. The predicted molar refractivity (Wildman–Crippen MR) is 63.9 cm³/mol. The molecule has 0 N–H and O–H groups in total. The Bertz CT molecular complexity index is 354. The highest BCUT2D eigenvalue weighted by atomic mass is 19.3. The summed E-state index contributed by atoms with van der Waals surface area (Å²) in [5.41, 5.74) is 0.661. The van der Waals surface area contributed by atoms with E-state index in [2.05, 4.69) is 4.74 Å². The van der Waals surface area contributed by atoms with Gasteiger partial charge in [-0.1, -0.05) is 25.1 Å². The van der Waals surface area contributed by atoms with Crippen molar-refractivity contribution >= 4 is 0 Å². The maximum Gasteiger partial charge on any atom is 0.387 e. The van der Waals surface area contributed by atoms with Gasteiger partial charge in [-0.2, -0.15) is 8.78 Å². The molecule has 0 saturated heterocycles. The number of para-hydroxylation sites is 1. The molecule has 0 aliphatic heterocycles. The molecule has 1 atom stereocenters. The first-order chi connectivity index (χ1) is 8.63. The van der Waals surface area contributed by atoms with Gasteiger partial charge in [-0.25, -0.2) is 0 Å². The van der Waals surface area contributed by atoms with Gasteiger partial charge in [0.15, 0.2) is 6.29 Å². The van der Waals surface area contributed by atoms with Gasteiger partial charge in [0.1, 0.15) is 5.75 Å². The van der Waals surface area contributed by atoms with E-state index in [0.717, 1.165) is 0 Å². The van der Waals surface area contributed by atoms with Crippen LogP contribution < -0.4 is 4.74 Å². The lowest BCUT2D eigenvalue weighted by molar-refractivity contribution is -0.120. The van der Waals surface area contributed by atoms with Crippen molar-refractivity contribution in [2.24, 2.45) is 0 Å². The molecule has 0 spiro atoms. The van der Waals surface area contributed by atoms with E-state index in [9.17, 15) is 8.78 Å². The van der Waals surface area contributed by atoms with Crippen LogP contribution in [0.1, 0.15) is 24.8 Å². The average Bonchev–Trinajstić information content (AvgIpc) is 2.36. The first kappa shape index (κ1) is 14.9. The van der Waals surface area contributed by atoms with E-state index in [1.807, 2.05) is 6.92 Å². The summed E-state index contributed by atoms with van der Waals surface area (Å²) in [7, 11) is 3.04. The standard InChI is InChI=1S/C13H18F2O3/c1-4-9(12(16-2)17-3)10-7-5-6-8-11(10)18-13(14)15/h5-9,12-13H,4H2,1-3H3. The second-order valence-corrected chi connectivity index (χ2v) is 3.77. The molecule has 3 nitrogen and oxygen atoms in total. The third kappa shape index (κ3) is 3.65. The normalized spacial score (nSPS) is 13.1. The second kappa shape index (κ2) is 7.28. The SMILES string of the molecule is CCC(c1ccccc1OC(F)F)C(OC)OC. The third-order valence-corrected chi connectivity index (χ3v) is 2.77. The molecular formula is C13H18F2O3. The number of benzene rings is 1. The van der Waals surface area contributed by atoms with E-state index in [-0.39, 0.29) is 11.7 Å². The molecule has 0 aromatic heterocycles. The second-order valence-electron chi connectivity index (χ2n) is 3.77. The van der Waals surface area contributed by atoms with E-state index in [4.69, 9.17) is 9.47 Å². The highest BCUT2D eigenvalue weighted by Crippen LogP contribution is 2.33. The lowest BCUT2D eigenvalue weighted by atomic mass is 9.95. The quantitative estimate of drug-likeness (QED) is 0.703. The van der Waals surface area contributed by atoms with Crippen molar-refractivity contribution in [3.8, 4) is 5.75 Å². The highest BCUT2D eigenvalue weighted by Gasteiger charge is 2.25. The van der Waals surface area contributed by atoms with Gasteiger partial charge < -0.3 is 14.2 Å². The van der Waals surface area contributed by atoms with E-state index < -0.39 is 12.9 Å². The molecule has 5 heteroatoms. The molecule has 0 radical (unpaired) electrons. The van der Waals surface area contributed by atoms with Crippen LogP contribution in [0.15, 0.2) is 24.3 Å². The Labute approximate surface area is 106 Å². The van der Waals surface area contributed by atoms with Crippen molar-refractivity contribution in [3.63, 3.8) is 0 Å². The molecule has 1 aromatic carbocycles. The zero-order valence-electron chi connectivity index (χ0n) is 10.7. The number of hydrogen-bond acceptors (Lipinski definition) is 3. The number of halogens is 2. The van der Waals surface area contributed by atoms with Gasteiger partial charge in [0.2, 0.25) is 0 Å². The van der Waals surface area contributed by atoms with Crippen LogP contribution in [0.3, 0.4) is 0 Å². The molecule has 0 heterocycles.